The number of ether oxygens (including phenoxy) is 1. The van der Waals surface area contributed by atoms with Gasteiger partial charge in [-0.3, -0.25) is 4.79 Å². The smallest absolute Gasteiger partial charge is 0.265 e. The highest BCUT2D eigenvalue weighted by atomic mass is 35.5. The lowest BCUT2D eigenvalue weighted by molar-refractivity contribution is -0.0122. The molecule has 0 unspecified atom stereocenters. The van der Waals surface area contributed by atoms with Crippen LogP contribution >= 0.6 is 34.3 Å². The topological polar surface area (TPSA) is 29.5 Å². The maximum atomic E-state index is 12.4. The van der Waals surface area contributed by atoms with E-state index in [1.807, 2.05) is 23.3 Å². The molecule has 1 aliphatic rings. The Balaban J connectivity index is 1.91. The first-order valence-corrected chi connectivity index (χ1v) is 7.80. The molecule has 0 aromatic carbocycles. The fourth-order valence-electron chi connectivity index (χ4n) is 2.08. The van der Waals surface area contributed by atoms with Crippen molar-refractivity contribution in [1.82, 2.24) is 4.90 Å². The van der Waals surface area contributed by atoms with Crippen LogP contribution in [0.15, 0.2) is 11.4 Å². The number of carbonyl (C=O) groups excluding carboxylic acids is 1. The van der Waals surface area contributed by atoms with Crippen LogP contribution in [0, 0.1) is 0 Å². The number of morpholine rings is 1. The monoisotopic (exact) mass is 301 g/mol. The number of hydrogen-bond acceptors (Lipinski definition) is 4. The lowest BCUT2D eigenvalue weighted by atomic mass is 10.2. The van der Waals surface area contributed by atoms with Gasteiger partial charge in [-0.05, 0) is 18.4 Å². The van der Waals surface area contributed by atoms with Crippen molar-refractivity contribution < 1.29 is 9.53 Å². The second kappa shape index (κ2) is 4.81. The van der Waals surface area contributed by atoms with Crippen LogP contribution in [-0.4, -0.2) is 36.6 Å². The molecule has 3 heterocycles. The summed E-state index contributed by atoms with van der Waals surface area (Å²) in [6.07, 6.45) is 0.0996. The normalized spacial score (nSPS) is 20.6. The molecule has 0 radical (unpaired) electrons. The largest absolute Gasteiger partial charge is 0.375 e. The third kappa shape index (κ3) is 2.05. The second-order valence-corrected chi connectivity index (χ2v) is 6.87. The number of rotatable bonds is 1. The average Bonchev–Trinajstić information content (AvgIpc) is 2.92. The van der Waals surface area contributed by atoms with E-state index in [9.17, 15) is 4.79 Å². The Bertz CT molecular complexity index is 592. The minimum Gasteiger partial charge on any atom is -0.375 e. The van der Waals surface area contributed by atoms with E-state index in [-0.39, 0.29) is 12.0 Å². The summed E-state index contributed by atoms with van der Waals surface area (Å²) < 4.78 is 6.56. The first kappa shape index (κ1) is 12.4. The van der Waals surface area contributed by atoms with Gasteiger partial charge in [-0.1, -0.05) is 11.6 Å². The third-order valence-electron chi connectivity index (χ3n) is 2.98. The fraction of sp³-hybridized carbons (Fsp3) is 0.417. The van der Waals surface area contributed by atoms with E-state index in [0.717, 1.165) is 9.40 Å². The maximum Gasteiger partial charge on any atom is 0.265 e. The zero-order valence-electron chi connectivity index (χ0n) is 9.81. The van der Waals surface area contributed by atoms with Crippen molar-refractivity contribution in [2.75, 3.05) is 19.7 Å². The number of fused-ring (bicyclic) bond motifs is 1. The van der Waals surface area contributed by atoms with Crippen LogP contribution in [-0.2, 0) is 4.74 Å². The molecule has 0 N–H and O–H groups in total. The van der Waals surface area contributed by atoms with Crippen LogP contribution in [0.1, 0.15) is 16.6 Å². The Kier molecular flexibility index (Phi) is 3.32. The first-order valence-electron chi connectivity index (χ1n) is 5.73. The van der Waals surface area contributed by atoms with Crippen molar-refractivity contribution in [2.24, 2.45) is 0 Å². The number of amides is 1. The molecule has 18 heavy (non-hydrogen) atoms. The van der Waals surface area contributed by atoms with E-state index in [0.29, 0.717) is 29.6 Å². The molecule has 2 aromatic heterocycles. The van der Waals surface area contributed by atoms with Gasteiger partial charge >= 0.3 is 0 Å². The molecule has 6 heteroatoms. The molecule has 1 aliphatic heterocycles. The molecule has 96 valence electrons. The van der Waals surface area contributed by atoms with Crippen LogP contribution in [0.5, 0.6) is 0 Å². The van der Waals surface area contributed by atoms with Crippen LogP contribution in [0.4, 0.5) is 0 Å². The summed E-state index contributed by atoms with van der Waals surface area (Å²) in [5, 5.41) is 3.59. The van der Waals surface area contributed by atoms with E-state index in [2.05, 4.69) is 0 Å². The van der Waals surface area contributed by atoms with Crippen molar-refractivity contribution >= 4 is 49.6 Å². The van der Waals surface area contributed by atoms with Crippen LogP contribution < -0.4 is 0 Å². The summed E-state index contributed by atoms with van der Waals surface area (Å²) in [6, 6.07) is 1.97. The average molecular weight is 302 g/mol. The lowest BCUT2D eigenvalue weighted by Crippen LogP contribution is -2.44. The third-order valence-corrected chi connectivity index (χ3v) is 5.72. The van der Waals surface area contributed by atoms with Crippen LogP contribution in [0.2, 0.25) is 5.02 Å². The molecule has 0 aliphatic carbocycles. The maximum absolute atomic E-state index is 12.4. The molecule has 0 bridgehead atoms. The van der Waals surface area contributed by atoms with Gasteiger partial charge < -0.3 is 9.64 Å². The van der Waals surface area contributed by atoms with Crippen molar-refractivity contribution in [3.8, 4) is 0 Å². The lowest BCUT2D eigenvalue weighted by Gasteiger charge is -2.30. The van der Waals surface area contributed by atoms with Gasteiger partial charge in [0.1, 0.15) is 4.88 Å². The van der Waals surface area contributed by atoms with E-state index in [4.69, 9.17) is 16.3 Å². The second-order valence-electron chi connectivity index (χ2n) is 4.30. The Morgan fingerprint density at radius 3 is 3.17 bits per heavy atom. The summed E-state index contributed by atoms with van der Waals surface area (Å²) >= 11 is 9.40. The fourth-order valence-corrected chi connectivity index (χ4v) is 4.66. The number of thiophene rings is 2. The number of nitrogens with zero attached hydrogens (tertiary/aromatic N) is 1. The molecule has 0 saturated carbocycles. The number of carbonyl (C=O) groups is 1. The van der Waals surface area contributed by atoms with Crippen molar-refractivity contribution in [3.63, 3.8) is 0 Å². The van der Waals surface area contributed by atoms with E-state index >= 15 is 0 Å². The van der Waals surface area contributed by atoms with Crippen LogP contribution in [0.3, 0.4) is 0 Å². The Labute approximate surface area is 118 Å². The highest BCUT2D eigenvalue weighted by Crippen LogP contribution is 2.39. The Hall–Kier alpha value is -0.620. The van der Waals surface area contributed by atoms with Gasteiger partial charge in [0.05, 0.1) is 21.7 Å². The number of hydrogen-bond donors (Lipinski definition) is 0. The molecule has 1 fully saturated rings. The van der Waals surface area contributed by atoms with Gasteiger partial charge in [-0.15, -0.1) is 22.7 Å². The first-order chi connectivity index (χ1) is 8.66. The molecule has 3 nitrogen and oxygen atoms in total. The summed E-state index contributed by atoms with van der Waals surface area (Å²) in [5.41, 5.74) is 0. The SMILES string of the molecule is C[C@@H]1CN(C(=O)c2sc3sccc3c2Cl)CCO1. The van der Waals surface area contributed by atoms with Crippen molar-refractivity contribution in [3.05, 3.63) is 21.3 Å². The van der Waals surface area contributed by atoms with Gasteiger partial charge in [-0.25, -0.2) is 0 Å². The predicted molar refractivity (Wildman–Crippen MR) is 76.0 cm³/mol. The van der Waals surface area contributed by atoms with Crippen molar-refractivity contribution in [1.29, 1.82) is 0 Å². The molecule has 1 atom stereocenters. The molecule has 3 rings (SSSR count). The van der Waals surface area contributed by atoms with Gasteiger partial charge in [0.15, 0.2) is 0 Å². The summed E-state index contributed by atoms with van der Waals surface area (Å²) in [5.74, 6) is 0.0311. The standard InChI is InChI=1S/C12H12ClNO2S2/c1-7-6-14(3-4-16-7)11(15)10-9(13)8-2-5-17-12(8)18-10/h2,5,7H,3-4,6H2,1H3/t7-/m1/s1. The Morgan fingerprint density at radius 1 is 1.61 bits per heavy atom. The highest BCUT2D eigenvalue weighted by molar-refractivity contribution is 7.38. The molecule has 1 amide bonds. The molecular weight excluding hydrogens is 290 g/mol. The summed E-state index contributed by atoms with van der Waals surface area (Å²) in [4.78, 5) is 14.9. The van der Waals surface area contributed by atoms with E-state index < -0.39 is 0 Å². The summed E-state index contributed by atoms with van der Waals surface area (Å²) in [7, 11) is 0. The predicted octanol–water partition coefficient (Wildman–Crippen LogP) is 3.48. The van der Waals surface area contributed by atoms with Gasteiger partial charge in [0.2, 0.25) is 0 Å². The minimum absolute atomic E-state index is 0.0311. The van der Waals surface area contributed by atoms with Crippen LogP contribution in [0.25, 0.3) is 9.40 Å². The minimum atomic E-state index is 0.0311. The summed E-state index contributed by atoms with van der Waals surface area (Å²) in [6.45, 7) is 3.87. The molecule has 2 aromatic rings. The zero-order valence-corrected chi connectivity index (χ0v) is 12.2. The van der Waals surface area contributed by atoms with E-state index in [1.54, 1.807) is 11.3 Å². The Morgan fingerprint density at radius 2 is 2.44 bits per heavy atom. The van der Waals surface area contributed by atoms with Gasteiger partial charge in [0.25, 0.3) is 5.91 Å². The van der Waals surface area contributed by atoms with E-state index in [1.165, 1.54) is 11.3 Å². The zero-order chi connectivity index (χ0) is 12.7. The quantitative estimate of drug-likeness (QED) is 0.807. The van der Waals surface area contributed by atoms with Gasteiger partial charge in [-0.2, -0.15) is 0 Å². The molecule has 1 saturated heterocycles. The van der Waals surface area contributed by atoms with Crippen molar-refractivity contribution in [2.45, 2.75) is 13.0 Å². The molecule has 0 spiro atoms. The van der Waals surface area contributed by atoms with Gasteiger partial charge in [0, 0.05) is 18.5 Å². The highest BCUT2D eigenvalue weighted by Gasteiger charge is 2.26. The molecular formula is C12H12ClNO2S2. The number of halogens is 1.